The maximum Gasteiger partial charge on any atom is 0.0381 e. The van der Waals surface area contributed by atoms with Crippen molar-refractivity contribution in [2.45, 2.75) is 0 Å². The Balaban J connectivity index is 0.00000157. The molecule has 0 saturated heterocycles. The molecule has 1 heterocycles. The Morgan fingerprint density at radius 3 is 2.32 bits per heavy atom. The fourth-order valence-electron chi connectivity index (χ4n) is 3.72. The summed E-state index contributed by atoms with van der Waals surface area (Å²) in [5, 5.41) is 4.98. The van der Waals surface area contributed by atoms with Crippen molar-refractivity contribution in [1.82, 2.24) is 4.57 Å². The molecule has 117 valence electrons. The van der Waals surface area contributed by atoms with Gasteiger partial charge in [0, 0.05) is 45.3 Å². The van der Waals surface area contributed by atoms with Crippen LogP contribution in [0.1, 0.15) is 0 Å². The normalized spacial score (nSPS) is 11.1. The summed E-state index contributed by atoms with van der Waals surface area (Å²) >= 11 is 0. The number of benzene rings is 4. The van der Waals surface area contributed by atoms with Crippen LogP contribution in [0.3, 0.4) is 0 Å². The van der Waals surface area contributed by atoms with E-state index in [4.69, 9.17) is 0 Å². The molecule has 5 rings (SSSR count). The van der Waals surface area contributed by atoms with E-state index in [0.717, 1.165) is 0 Å². The van der Waals surface area contributed by atoms with E-state index >= 15 is 0 Å². The summed E-state index contributed by atoms with van der Waals surface area (Å²) < 4.78 is 2.30. The quantitative estimate of drug-likeness (QED) is 0.309. The van der Waals surface area contributed by atoms with Gasteiger partial charge in [0.25, 0.3) is 0 Å². The van der Waals surface area contributed by atoms with Crippen molar-refractivity contribution in [2.75, 3.05) is 0 Å². The molecule has 0 N–H and O–H groups in total. The van der Waals surface area contributed by atoms with Crippen molar-refractivity contribution in [3.8, 4) is 11.1 Å². The molecule has 0 aliphatic heterocycles. The molecule has 0 fully saturated rings. The van der Waals surface area contributed by atoms with Crippen molar-refractivity contribution in [3.05, 3.63) is 84.9 Å². The largest absolute Gasteiger partial charge is 0.361 e. The number of aryl methyl sites for hydroxylation is 1. The Bertz CT molecular complexity index is 1200. The second-order valence-corrected chi connectivity index (χ2v) is 6.25. The fourth-order valence-corrected chi connectivity index (χ4v) is 3.72. The van der Waals surface area contributed by atoms with Gasteiger partial charge in [-0.25, -0.2) is 0 Å². The number of nitrogens with zero attached hydrogens (tertiary/aromatic N) is 1. The Labute approximate surface area is 172 Å². The number of rotatable bonds is 1. The van der Waals surface area contributed by atoms with Crippen molar-refractivity contribution in [3.63, 3.8) is 0 Å². The molecule has 0 amide bonds. The molecule has 0 saturated carbocycles. The molecule has 1 aromatic heterocycles. The van der Waals surface area contributed by atoms with Crippen LogP contribution in [-0.4, -0.2) is 4.57 Å². The molecule has 25 heavy (non-hydrogen) atoms. The van der Waals surface area contributed by atoms with Gasteiger partial charge in [0.2, 0.25) is 0 Å². The van der Waals surface area contributed by atoms with Crippen LogP contribution in [-0.2, 0) is 39.8 Å². The minimum absolute atomic E-state index is 0. The van der Waals surface area contributed by atoms with Gasteiger partial charge < -0.3 is 4.57 Å². The molecular formula is C23H16NY-. The molecule has 5 aromatic rings. The monoisotopic (exact) mass is 395 g/mol. The van der Waals surface area contributed by atoms with Crippen molar-refractivity contribution in [1.29, 1.82) is 0 Å². The number of aromatic nitrogens is 1. The predicted octanol–water partition coefficient (Wildman–Crippen LogP) is 5.95. The van der Waals surface area contributed by atoms with Gasteiger partial charge in [-0.1, -0.05) is 65.4 Å². The Morgan fingerprint density at radius 1 is 0.720 bits per heavy atom. The SMILES string of the molecule is Cn1c2ccc(-c3ccccc3)cc2c2c[c-]c3ccccc3c21.[Y]. The first-order valence-corrected chi connectivity index (χ1v) is 8.20. The van der Waals surface area contributed by atoms with Gasteiger partial charge in [-0.05, 0) is 28.1 Å². The molecule has 2 heteroatoms. The Hall–Kier alpha value is -1.96. The summed E-state index contributed by atoms with van der Waals surface area (Å²) in [5.41, 5.74) is 5.05. The number of fused-ring (bicyclic) bond motifs is 5. The summed E-state index contributed by atoms with van der Waals surface area (Å²) in [6.07, 6.45) is 0. The van der Waals surface area contributed by atoms with Crippen LogP contribution in [0.4, 0.5) is 0 Å². The molecule has 0 aliphatic rings. The second-order valence-electron chi connectivity index (χ2n) is 6.25. The van der Waals surface area contributed by atoms with E-state index in [9.17, 15) is 0 Å². The first-order valence-electron chi connectivity index (χ1n) is 8.20. The summed E-state index contributed by atoms with van der Waals surface area (Å²) in [4.78, 5) is 0. The summed E-state index contributed by atoms with van der Waals surface area (Å²) in [7, 11) is 2.15. The molecule has 4 aromatic carbocycles. The van der Waals surface area contributed by atoms with E-state index in [1.54, 1.807) is 0 Å². The van der Waals surface area contributed by atoms with Gasteiger partial charge in [0.05, 0.1) is 0 Å². The van der Waals surface area contributed by atoms with Crippen LogP contribution in [0.5, 0.6) is 0 Å². The van der Waals surface area contributed by atoms with E-state index in [2.05, 4.69) is 96.5 Å². The fraction of sp³-hybridized carbons (Fsp3) is 0.0435. The van der Waals surface area contributed by atoms with Crippen LogP contribution in [0, 0.1) is 6.07 Å². The molecule has 0 unspecified atom stereocenters. The van der Waals surface area contributed by atoms with Crippen LogP contribution >= 0.6 is 0 Å². The van der Waals surface area contributed by atoms with Gasteiger partial charge in [-0.15, -0.1) is 29.7 Å². The number of hydrogen-bond acceptors (Lipinski definition) is 0. The topological polar surface area (TPSA) is 4.93 Å². The average Bonchev–Trinajstić information content (AvgIpc) is 2.95. The molecule has 0 atom stereocenters. The Morgan fingerprint density at radius 2 is 1.48 bits per heavy atom. The molecule has 0 bridgehead atoms. The maximum atomic E-state index is 3.45. The molecular weight excluding hydrogens is 379 g/mol. The van der Waals surface area contributed by atoms with Crippen LogP contribution in [0.25, 0.3) is 43.7 Å². The molecule has 0 spiro atoms. The molecule has 1 nitrogen and oxygen atoms in total. The van der Waals surface area contributed by atoms with Crippen molar-refractivity contribution < 1.29 is 32.7 Å². The summed E-state index contributed by atoms with van der Waals surface area (Å²) in [6, 6.07) is 31.4. The van der Waals surface area contributed by atoms with Crippen LogP contribution in [0.2, 0.25) is 0 Å². The van der Waals surface area contributed by atoms with Gasteiger partial charge >= 0.3 is 0 Å². The van der Waals surface area contributed by atoms with E-state index in [-0.39, 0.29) is 32.7 Å². The zero-order valence-corrected chi connectivity index (χ0v) is 16.9. The minimum atomic E-state index is 0. The minimum Gasteiger partial charge on any atom is -0.361 e. The van der Waals surface area contributed by atoms with Gasteiger partial charge in [0.1, 0.15) is 0 Å². The zero-order chi connectivity index (χ0) is 16.1. The van der Waals surface area contributed by atoms with E-state index in [1.807, 2.05) is 0 Å². The standard InChI is InChI=1S/C23H16N.Y/c1-24-22-14-12-18(16-7-3-2-4-8-16)15-21(22)20-13-11-17-9-5-6-10-19(17)23(20)24;/h2-10,12-15H,1H3;/q-1;. The van der Waals surface area contributed by atoms with Crippen molar-refractivity contribution >= 4 is 32.6 Å². The molecule has 1 radical (unpaired) electrons. The third kappa shape index (κ3) is 2.54. The van der Waals surface area contributed by atoms with Gasteiger partial charge in [-0.2, -0.15) is 0 Å². The smallest absolute Gasteiger partial charge is 0.0381 e. The summed E-state index contributed by atoms with van der Waals surface area (Å²) in [6.45, 7) is 0. The predicted molar refractivity (Wildman–Crippen MR) is 102 cm³/mol. The zero-order valence-electron chi connectivity index (χ0n) is 14.0. The summed E-state index contributed by atoms with van der Waals surface area (Å²) in [5.74, 6) is 0. The third-order valence-electron chi connectivity index (χ3n) is 4.90. The van der Waals surface area contributed by atoms with Gasteiger partial charge in [0.15, 0.2) is 0 Å². The first kappa shape index (κ1) is 16.5. The Kier molecular flexibility index (Phi) is 4.23. The third-order valence-corrected chi connectivity index (χ3v) is 4.90. The van der Waals surface area contributed by atoms with E-state index in [0.29, 0.717) is 0 Å². The van der Waals surface area contributed by atoms with Crippen molar-refractivity contribution in [2.24, 2.45) is 7.05 Å². The maximum absolute atomic E-state index is 3.45. The van der Waals surface area contributed by atoms with Gasteiger partial charge in [-0.3, -0.25) is 0 Å². The van der Waals surface area contributed by atoms with Crippen LogP contribution in [0.15, 0.2) is 78.9 Å². The number of hydrogen-bond donors (Lipinski definition) is 0. The van der Waals surface area contributed by atoms with Crippen LogP contribution < -0.4 is 0 Å². The average molecular weight is 395 g/mol. The van der Waals surface area contributed by atoms with E-state index in [1.165, 1.54) is 43.7 Å². The second kappa shape index (κ2) is 6.40. The first-order chi connectivity index (χ1) is 11.8. The van der Waals surface area contributed by atoms with E-state index < -0.39 is 0 Å². The molecule has 0 aliphatic carbocycles.